The molecular weight excluding hydrogens is 299 g/mol. The molecule has 0 saturated heterocycles. The van der Waals surface area contributed by atoms with Crippen LogP contribution in [-0.4, -0.2) is 10.9 Å². The van der Waals surface area contributed by atoms with Crippen LogP contribution in [-0.2, 0) is 17.8 Å². The maximum absolute atomic E-state index is 12.9. The fourth-order valence-electron chi connectivity index (χ4n) is 2.81. The number of rotatable bonds is 5. The van der Waals surface area contributed by atoms with Gasteiger partial charge in [-0.15, -0.1) is 11.3 Å². The SMILES string of the molecule is O=C(NCc1ncc(Cc2ccc(F)cc2)s1)C1CCCC1. The Kier molecular flexibility index (Phi) is 4.83. The van der Waals surface area contributed by atoms with E-state index in [9.17, 15) is 9.18 Å². The van der Waals surface area contributed by atoms with E-state index >= 15 is 0 Å². The number of hydrogen-bond donors (Lipinski definition) is 1. The first-order valence-electron chi connectivity index (χ1n) is 7.66. The summed E-state index contributed by atoms with van der Waals surface area (Å²) in [5.41, 5.74) is 1.06. The van der Waals surface area contributed by atoms with Crippen LogP contribution < -0.4 is 5.32 Å². The molecule has 1 aliphatic rings. The molecule has 0 bridgehead atoms. The summed E-state index contributed by atoms with van der Waals surface area (Å²) >= 11 is 1.60. The number of thiazole rings is 1. The molecule has 0 aliphatic heterocycles. The van der Waals surface area contributed by atoms with E-state index in [2.05, 4.69) is 10.3 Å². The van der Waals surface area contributed by atoms with Crippen LogP contribution in [0.1, 0.15) is 41.1 Å². The third-order valence-electron chi connectivity index (χ3n) is 4.03. The first-order valence-corrected chi connectivity index (χ1v) is 8.48. The van der Waals surface area contributed by atoms with Crippen LogP contribution in [0.15, 0.2) is 30.5 Å². The van der Waals surface area contributed by atoms with Crippen molar-refractivity contribution in [3.05, 3.63) is 51.7 Å². The number of halogens is 1. The average Bonchev–Trinajstić information content (AvgIpc) is 3.19. The van der Waals surface area contributed by atoms with Crippen molar-refractivity contribution in [2.75, 3.05) is 0 Å². The quantitative estimate of drug-likeness (QED) is 0.914. The maximum atomic E-state index is 12.9. The number of aromatic nitrogens is 1. The number of carbonyl (C=O) groups excluding carboxylic acids is 1. The third-order valence-corrected chi connectivity index (χ3v) is 5.03. The van der Waals surface area contributed by atoms with Gasteiger partial charge in [0.2, 0.25) is 5.91 Å². The highest BCUT2D eigenvalue weighted by Gasteiger charge is 2.22. The minimum atomic E-state index is -0.219. The molecule has 1 N–H and O–H groups in total. The lowest BCUT2D eigenvalue weighted by molar-refractivity contribution is -0.124. The first-order chi connectivity index (χ1) is 10.7. The molecule has 1 saturated carbocycles. The van der Waals surface area contributed by atoms with E-state index in [0.29, 0.717) is 6.54 Å². The van der Waals surface area contributed by atoms with Crippen molar-refractivity contribution >= 4 is 17.2 Å². The van der Waals surface area contributed by atoms with Crippen molar-refractivity contribution in [3.8, 4) is 0 Å². The molecule has 1 heterocycles. The largest absolute Gasteiger partial charge is 0.349 e. The van der Waals surface area contributed by atoms with Crippen molar-refractivity contribution in [3.63, 3.8) is 0 Å². The monoisotopic (exact) mass is 318 g/mol. The van der Waals surface area contributed by atoms with Gasteiger partial charge in [-0.05, 0) is 30.5 Å². The van der Waals surface area contributed by atoms with Crippen molar-refractivity contribution in [1.29, 1.82) is 0 Å². The Bertz CT molecular complexity index is 632. The van der Waals surface area contributed by atoms with Gasteiger partial charge in [0, 0.05) is 23.4 Å². The fraction of sp³-hybridized carbons (Fsp3) is 0.412. The molecule has 2 aromatic rings. The Balaban J connectivity index is 1.52. The molecule has 1 amide bonds. The highest BCUT2D eigenvalue weighted by molar-refractivity contribution is 7.11. The molecule has 5 heteroatoms. The van der Waals surface area contributed by atoms with Crippen LogP contribution in [0.3, 0.4) is 0 Å². The molecule has 3 rings (SSSR count). The Morgan fingerprint density at radius 2 is 2.00 bits per heavy atom. The van der Waals surface area contributed by atoms with Crippen LogP contribution in [0.25, 0.3) is 0 Å². The molecule has 1 fully saturated rings. The topological polar surface area (TPSA) is 42.0 Å². The molecule has 1 aromatic heterocycles. The van der Waals surface area contributed by atoms with E-state index in [1.807, 2.05) is 6.20 Å². The number of benzene rings is 1. The lowest BCUT2D eigenvalue weighted by atomic mass is 10.1. The summed E-state index contributed by atoms with van der Waals surface area (Å²) in [6, 6.07) is 6.52. The first kappa shape index (κ1) is 15.2. The smallest absolute Gasteiger partial charge is 0.223 e. The summed E-state index contributed by atoms with van der Waals surface area (Å²) in [4.78, 5) is 17.5. The van der Waals surface area contributed by atoms with Crippen molar-refractivity contribution in [2.24, 2.45) is 5.92 Å². The highest BCUT2D eigenvalue weighted by Crippen LogP contribution is 2.25. The second kappa shape index (κ2) is 7.01. The predicted octanol–water partition coefficient (Wildman–Crippen LogP) is 3.68. The van der Waals surface area contributed by atoms with Crippen LogP contribution in [0.2, 0.25) is 0 Å². The van der Waals surface area contributed by atoms with Gasteiger partial charge in [0.1, 0.15) is 10.8 Å². The molecule has 0 unspecified atom stereocenters. The summed E-state index contributed by atoms with van der Waals surface area (Å²) in [5, 5.41) is 3.90. The van der Waals surface area contributed by atoms with E-state index in [4.69, 9.17) is 0 Å². The summed E-state index contributed by atoms with van der Waals surface area (Å²) in [7, 11) is 0. The number of nitrogens with one attached hydrogen (secondary N) is 1. The minimum absolute atomic E-state index is 0.160. The Hall–Kier alpha value is -1.75. The van der Waals surface area contributed by atoms with E-state index in [-0.39, 0.29) is 17.6 Å². The molecule has 0 spiro atoms. The lowest BCUT2D eigenvalue weighted by Crippen LogP contribution is -2.28. The third kappa shape index (κ3) is 3.91. The van der Waals surface area contributed by atoms with E-state index < -0.39 is 0 Å². The zero-order valence-corrected chi connectivity index (χ0v) is 13.2. The highest BCUT2D eigenvalue weighted by atomic mass is 32.1. The second-order valence-electron chi connectivity index (χ2n) is 5.72. The summed E-state index contributed by atoms with van der Waals surface area (Å²) in [5.74, 6) is 0.134. The van der Waals surface area contributed by atoms with Crippen LogP contribution in [0, 0.1) is 11.7 Å². The van der Waals surface area contributed by atoms with Gasteiger partial charge in [0.25, 0.3) is 0 Å². The van der Waals surface area contributed by atoms with Gasteiger partial charge in [-0.25, -0.2) is 9.37 Å². The van der Waals surface area contributed by atoms with Gasteiger partial charge in [0.15, 0.2) is 0 Å². The Labute approximate surface area is 133 Å². The summed E-state index contributed by atoms with van der Waals surface area (Å²) in [6.45, 7) is 0.503. The van der Waals surface area contributed by atoms with Crippen LogP contribution in [0.5, 0.6) is 0 Å². The van der Waals surface area contributed by atoms with Gasteiger partial charge in [0.05, 0.1) is 6.54 Å². The zero-order chi connectivity index (χ0) is 15.4. The second-order valence-corrected chi connectivity index (χ2v) is 6.92. The molecule has 3 nitrogen and oxygen atoms in total. The molecule has 0 radical (unpaired) electrons. The summed E-state index contributed by atoms with van der Waals surface area (Å²) in [6.07, 6.45) is 6.94. The van der Waals surface area contributed by atoms with E-state index in [1.54, 1.807) is 23.5 Å². The average molecular weight is 318 g/mol. The normalized spacial score (nSPS) is 15.1. The van der Waals surface area contributed by atoms with Gasteiger partial charge in [-0.3, -0.25) is 4.79 Å². The van der Waals surface area contributed by atoms with E-state index in [0.717, 1.165) is 47.6 Å². The zero-order valence-electron chi connectivity index (χ0n) is 12.3. The number of nitrogens with zero attached hydrogens (tertiary/aromatic N) is 1. The van der Waals surface area contributed by atoms with Gasteiger partial charge < -0.3 is 5.32 Å². The molecule has 22 heavy (non-hydrogen) atoms. The minimum Gasteiger partial charge on any atom is -0.349 e. The maximum Gasteiger partial charge on any atom is 0.223 e. The van der Waals surface area contributed by atoms with Gasteiger partial charge in [-0.1, -0.05) is 25.0 Å². The number of hydrogen-bond acceptors (Lipinski definition) is 3. The van der Waals surface area contributed by atoms with Crippen LogP contribution in [0.4, 0.5) is 4.39 Å². The predicted molar refractivity (Wildman–Crippen MR) is 85.1 cm³/mol. The Morgan fingerprint density at radius 1 is 1.27 bits per heavy atom. The van der Waals surface area contributed by atoms with Crippen LogP contribution >= 0.6 is 11.3 Å². The standard InChI is InChI=1S/C17H19FN2OS/c18-14-7-5-12(6-8-14)9-15-10-19-16(22-15)11-20-17(21)13-3-1-2-4-13/h5-8,10,13H,1-4,9,11H2,(H,20,21). The van der Waals surface area contributed by atoms with Crippen molar-refractivity contribution < 1.29 is 9.18 Å². The lowest BCUT2D eigenvalue weighted by Gasteiger charge is -2.08. The van der Waals surface area contributed by atoms with Crippen molar-refractivity contribution in [2.45, 2.75) is 38.6 Å². The van der Waals surface area contributed by atoms with Gasteiger partial charge in [-0.2, -0.15) is 0 Å². The number of carbonyl (C=O) groups is 1. The molecule has 1 aromatic carbocycles. The molecule has 1 aliphatic carbocycles. The Morgan fingerprint density at radius 3 is 2.73 bits per heavy atom. The van der Waals surface area contributed by atoms with Crippen molar-refractivity contribution in [1.82, 2.24) is 10.3 Å². The molecular formula is C17H19FN2OS. The summed E-state index contributed by atoms with van der Waals surface area (Å²) < 4.78 is 12.9. The fourth-order valence-corrected chi connectivity index (χ4v) is 3.71. The molecule has 0 atom stereocenters. The molecule has 116 valence electrons. The van der Waals surface area contributed by atoms with Gasteiger partial charge >= 0.3 is 0 Å². The van der Waals surface area contributed by atoms with E-state index in [1.165, 1.54) is 12.1 Å². The number of amides is 1.